The second kappa shape index (κ2) is 6.04. The molecule has 0 saturated carbocycles. The van der Waals surface area contributed by atoms with Crippen molar-refractivity contribution in [3.63, 3.8) is 0 Å². The monoisotopic (exact) mass is 350 g/mol. The summed E-state index contributed by atoms with van der Waals surface area (Å²) >= 11 is 1.32. The number of rotatable bonds is 3. The Bertz CT molecular complexity index is 916. The Morgan fingerprint density at radius 1 is 1.42 bits per heavy atom. The lowest BCUT2D eigenvalue weighted by Crippen LogP contribution is -2.43. The summed E-state index contributed by atoms with van der Waals surface area (Å²) in [6.07, 6.45) is 2.32. The second-order valence-corrected chi connectivity index (χ2v) is 6.54. The zero-order valence-corrected chi connectivity index (χ0v) is 13.5. The summed E-state index contributed by atoms with van der Waals surface area (Å²) in [7, 11) is 0. The topological polar surface area (TPSA) is 130 Å². The molecule has 2 aromatic heterocycles. The number of hydrazine groups is 1. The van der Waals surface area contributed by atoms with Crippen LogP contribution in [0, 0.1) is 0 Å². The van der Waals surface area contributed by atoms with Crippen molar-refractivity contribution < 1.29 is 19.5 Å². The zero-order chi connectivity index (χ0) is 17.4. The fourth-order valence-electron chi connectivity index (χ4n) is 2.78. The van der Waals surface area contributed by atoms with Gasteiger partial charge in [0.1, 0.15) is 11.4 Å². The summed E-state index contributed by atoms with van der Waals surface area (Å²) in [5.41, 5.74) is 4.36. The molecule has 10 heteroatoms. The molecule has 2 aromatic rings. The summed E-state index contributed by atoms with van der Waals surface area (Å²) in [5.74, 6) is -2.71. The molecule has 0 aliphatic heterocycles. The van der Waals surface area contributed by atoms with Gasteiger partial charge in [-0.1, -0.05) is 0 Å². The van der Waals surface area contributed by atoms with Crippen LogP contribution in [0.15, 0.2) is 11.1 Å². The third-order valence-electron chi connectivity index (χ3n) is 3.79. The molecule has 24 heavy (non-hydrogen) atoms. The number of aryl methyl sites for hydroxylation is 1. The van der Waals surface area contributed by atoms with E-state index in [2.05, 4.69) is 15.8 Å². The second-order valence-electron chi connectivity index (χ2n) is 5.46. The summed E-state index contributed by atoms with van der Waals surface area (Å²) in [6.45, 7) is 0.908. The van der Waals surface area contributed by atoms with E-state index in [1.165, 1.54) is 24.6 Å². The number of fused-ring (bicyclic) bond motifs is 3. The maximum absolute atomic E-state index is 12.7. The molecule has 0 fully saturated rings. The van der Waals surface area contributed by atoms with E-state index in [1.807, 2.05) is 0 Å². The van der Waals surface area contributed by atoms with Gasteiger partial charge in [-0.25, -0.2) is 4.98 Å². The van der Waals surface area contributed by atoms with E-state index in [0.717, 1.165) is 9.44 Å². The first-order valence-electron chi connectivity index (χ1n) is 7.17. The van der Waals surface area contributed by atoms with Gasteiger partial charge in [0.05, 0.1) is 17.6 Å². The van der Waals surface area contributed by atoms with Gasteiger partial charge in [0.25, 0.3) is 11.5 Å². The number of carbonyl (C=O) groups excluding carboxylic acids is 2. The number of aliphatic carboxylic acids is 1. The number of carbonyl (C=O) groups is 3. The van der Waals surface area contributed by atoms with Crippen molar-refractivity contribution in [2.75, 3.05) is 0 Å². The number of nitrogens with one attached hydrogen (secondary N) is 2. The number of amides is 2. The van der Waals surface area contributed by atoms with E-state index in [9.17, 15) is 24.3 Å². The van der Waals surface area contributed by atoms with Crippen LogP contribution in [-0.4, -0.2) is 32.4 Å². The SMILES string of the molecule is CC(=O)NNC(=O)Cn1cnc2sc3c(c2c1=O)C(C(=O)O)CC3. The van der Waals surface area contributed by atoms with Gasteiger partial charge in [-0.2, -0.15) is 0 Å². The van der Waals surface area contributed by atoms with Crippen LogP contribution in [0.3, 0.4) is 0 Å². The molecule has 0 spiro atoms. The molecule has 9 nitrogen and oxygen atoms in total. The van der Waals surface area contributed by atoms with Crippen molar-refractivity contribution in [3.8, 4) is 0 Å². The van der Waals surface area contributed by atoms with Crippen molar-refractivity contribution >= 4 is 39.3 Å². The fraction of sp³-hybridized carbons (Fsp3) is 0.357. The number of thiophene rings is 1. The summed E-state index contributed by atoms with van der Waals surface area (Å²) in [5, 5.41) is 9.61. The Hall–Kier alpha value is -2.75. The molecule has 2 heterocycles. The maximum Gasteiger partial charge on any atom is 0.311 e. The maximum atomic E-state index is 12.7. The van der Waals surface area contributed by atoms with Crippen molar-refractivity contribution in [3.05, 3.63) is 27.1 Å². The molecule has 3 rings (SSSR count). The lowest BCUT2D eigenvalue weighted by Gasteiger charge is -2.08. The van der Waals surface area contributed by atoms with Gasteiger partial charge in [-0.15, -0.1) is 11.3 Å². The molecule has 3 N–H and O–H groups in total. The average Bonchev–Trinajstić information content (AvgIpc) is 3.06. The summed E-state index contributed by atoms with van der Waals surface area (Å²) in [6, 6.07) is 0. The first-order valence-corrected chi connectivity index (χ1v) is 7.99. The molecule has 1 unspecified atom stereocenters. The number of carboxylic acids is 1. The first kappa shape index (κ1) is 16.1. The summed E-state index contributed by atoms with van der Waals surface area (Å²) in [4.78, 5) is 52.1. The van der Waals surface area contributed by atoms with Gasteiger partial charge in [0, 0.05) is 11.8 Å². The highest BCUT2D eigenvalue weighted by Crippen LogP contribution is 2.41. The molecule has 1 aliphatic rings. The Kier molecular flexibility index (Phi) is 4.06. The molecule has 0 radical (unpaired) electrons. The van der Waals surface area contributed by atoms with Gasteiger partial charge in [-0.05, 0) is 18.4 Å². The largest absolute Gasteiger partial charge is 0.481 e. The van der Waals surface area contributed by atoms with Crippen LogP contribution < -0.4 is 16.4 Å². The molecule has 0 aromatic carbocycles. The first-order chi connectivity index (χ1) is 11.4. The minimum absolute atomic E-state index is 0.273. The van der Waals surface area contributed by atoms with Crippen LogP contribution >= 0.6 is 11.3 Å². The van der Waals surface area contributed by atoms with Gasteiger partial charge < -0.3 is 5.11 Å². The van der Waals surface area contributed by atoms with Crippen molar-refractivity contribution in [2.24, 2.45) is 0 Å². The van der Waals surface area contributed by atoms with E-state index in [4.69, 9.17) is 0 Å². The van der Waals surface area contributed by atoms with Gasteiger partial charge in [0.2, 0.25) is 5.91 Å². The van der Waals surface area contributed by atoms with E-state index in [-0.39, 0.29) is 11.9 Å². The van der Waals surface area contributed by atoms with Gasteiger partial charge in [0.15, 0.2) is 0 Å². The van der Waals surface area contributed by atoms with E-state index in [0.29, 0.717) is 23.2 Å². The van der Waals surface area contributed by atoms with E-state index < -0.39 is 29.3 Å². The predicted molar refractivity (Wildman–Crippen MR) is 84.5 cm³/mol. The van der Waals surface area contributed by atoms with Crippen LogP contribution in [0.1, 0.15) is 29.7 Å². The third kappa shape index (κ3) is 2.75. The van der Waals surface area contributed by atoms with E-state index >= 15 is 0 Å². The average molecular weight is 350 g/mol. The molecule has 1 aliphatic carbocycles. The number of aromatic nitrogens is 2. The normalized spacial score (nSPS) is 16.0. The van der Waals surface area contributed by atoms with Crippen LogP contribution in [0.5, 0.6) is 0 Å². The summed E-state index contributed by atoms with van der Waals surface area (Å²) < 4.78 is 1.10. The quantitative estimate of drug-likeness (QED) is 0.654. The highest BCUT2D eigenvalue weighted by Gasteiger charge is 2.34. The van der Waals surface area contributed by atoms with Crippen LogP contribution in [0.2, 0.25) is 0 Å². The fourth-order valence-corrected chi connectivity index (χ4v) is 3.99. The van der Waals surface area contributed by atoms with Crippen LogP contribution in [0.4, 0.5) is 0 Å². The smallest absolute Gasteiger partial charge is 0.311 e. The van der Waals surface area contributed by atoms with E-state index in [1.54, 1.807) is 0 Å². The van der Waals surface area contributed by atoms with Crippen molar-refractivity contribution in [2.45, 2.75) is 32.2 Å². The highest BCUT2D eigenvalue weighted by molar-refractivity contribution is 7.18. The molecule has 1 atom stereocenters. The zero-order valence-electron chi connectivity index (χ0n) is 12.7. The van der Waals surface area contributed by atoms with Gasteiger partial charge in [-0.3, -0.25) is 34.6 Å². The standard InChI is InChI=1S/C14H14N4O5S/c1-6(19)16-17-9(20)4-18-5-15-12-11(13(18)21)10-7(14(22)23)2-3-8(10)24-12/h5,7H,2-4H2,1H3,(H,16,19)(H,17,20)(H,22,23). The lowest BCUT2D eigenvalue weighted by molar-refractivity contribution is -0.138. The molecular weight excluding hydrogens is 336 g/mol. The highest BCUT2D eigenvalue weighted by atomic mass is 32.1. The van der Waals surface area contributed by atoms with Crippen LogP contribution in [-0.2, 0) is 27.3 Å². The lowest BCUT2D eigenvalue weighted by atomic mass is 10.0. The third-order valence-corrected chi connectivity index (χ3v) is 4.96. The number of nitrogens with zero attached hydrogens (tertiary/aromatic N) is 2. The Balaban J connectivity index is 1.98. The molecule has 126 valence electrons. The van der Waals surface area contributed by atoms with Crippen molar-refractivity contribution in [1.82, 2.24) is 20.4 Å². The number of hydrogen-bond acceptors (Lipinski definition) is 6. The molecule has 0 saturated heterocycles. The minimum Gasteiger partial charge on any atom is -0.481 e. The molecule has 0 bridgehead atoms. The van der Waals surface area contributed by atoms with Crippen molar-refractivity contribution in [1.29, 1.82) is 0 Å². The molecule has 2 amide bonds. The predicted octanol–water partition coefficient (Wildman–Crippen LogP) is -0.260. The van der Waals surface area contributed by atoms with Gasteiger partial charge >= 0.3 is 5.97 Å². The molecular formula is C14H14N4O5S. The number of carboxylic acid groups (broad SMARTS) is 1. The van der Waals surface area contributed by atoms with Crippen LogP contribution in [0.25, 0.3) is 10.2 Å². The Morgan fingerprint density at radius 2 is 2.17 bits per heavy atom. The number of hydrogen-bond donors (Lipinski definition) is 3. The Morgan fingerprint density at radius 3 is 2.83 bits per heavy atom. The Labute approximate surface area is 139 Å². The minimum atomic E-state index is -0.966.